The molecule has 24 nitrogen and oxygen atoms in total. The predicted octanol–water partition coefficient (Wildman–Crippen LogP) is 15.4. The third kappa shape index (κ3) is 21.6. The highest BCUT2D eigenvalue weighted by atomic mass is 32.2. The van der Waals surface area contributed by atoms with E-state index in [2.05, 4.69) is 57.3 Å². The molecular weight excluding hydrogens is 1570 g/mol. The molecule has 0 bridgehead atoms. The molecule has 8 N–H and O–H groups in total. The molecule has 3 unspecified atom stereocenters. The van der Waals surface area contributed by atoms with E-state index in [0.717, 1.165) is 163 Å². The molecule has 0 saturated carbocycles. The van der Waals surface area contributed by atoms with Crippen LogP contribution in [0.25, 0.3) is 96.1 Å². The highest BCUT2D eigenvalue weighted by Gasteiger charge is 2.26. The minimum atomic E-state index is -4.52. The molecule has 0 radical (unpaired) electrons. The van der Waals surface area contributed by atoms with Gasteiger partial charge in [-0.1, -0.05) is 76.4 Å². The minimum absolute atomic E-state index is 0.0113. The Labute approximate surface area is 657 Å². The quantitative estimate of drug-likeness (QED) is 0.0145. The van der Waals surface area contributed by atoms with Gasteiger partial charge in [-0.2, -0.15) is 0 Å². The van der Waals surface area contributed by atoms with E-state index in [4.69, 9.17) is 65.6 Å². The SMILES string of the molecule is CCCCS(=O)c1sc2nc(-c3nccs3)cc(-c3ccc(OCCN4CCOCC4)cc3)c2c1N.CCCCS(=O)c1sc2nc(-c3nccs3)cc(-c3ccc(OCCOC(=O)CN(C)C)cc3)c2c1N.CCCCS(=O)c1sc2nc(-c3nccs3)cc(-c3ccc(OCCOP(=O)(O)O)cc3)c2c1N. The predicted molar refractivity (Wildman–Crippen MR) is 442 cm³/mol. The number of fused-ring (bicyclic) bond motifs is 3. The maximum absolute atomic E-state index is 13.0. The number of thiazole rings is 3. The van der Waals surface area contributed by atoms with Gasteiger partial charge >= 0.3 is 13.8 Å². The first-order chi connectivity index (χ1) is 52.3. The first kappa shape index (κ1) is 81.6. The zero-order chi connectivity index (χ0) is 76.3. The van der Waals surface area contributed by atoms with Crippen molar-refractivity contribution in [2.75, 3.05) is 121 Å². The van der Waals surface area contributed by atoms with Gasteiger partial charge in [0.2, 0.25) is 0 Å². The number of carbonyl (C=O) groups excluding carboxylic acids is 1. The Kier molecular flexibility index (Phi) is 29.8. The number of pyridine rings is 3. The number of phosphoric ester groups is 1. The van der Waals surface area contributed by atoms with Crippen molar-refractivity contribution in [1.29, 1.82) is 0 Å². The van der Waals surface area contributed by atoms with Crippen molar-refractivity contribution in [2.24, 2.45) is 0 Å². The number of morpholine rings is 1. The molecule has 9 aromatic heterocycles. The van der Waals surface area contributed by atoms with E-state index in [1.54, 1.807) is 47.0 Å². The summed E-state index contributed by atoms with van der Waals surface area (Å²) in [5, 5.41) is 10.6. The van der Waals surface area contributed by atoms with Gasteiger partial charge in [0.1, 0.15) is 103 Å². The molecule has 1 aliphatic rings. The topological polar surface area (TPSA) is 343 Å². The molecule has 1 aliphatic heterocycles. The molecule has 0 amide bonds. The number of phosphoric acid groups is 1. The summed E-state index contributed by atoms with van der Waals surface area (Å²) in [5.74, 6) is 3.48. The van der Waals surface area contributed by atoms with Crippen molar-refractivity contribution in [3.63, 3.8) is 0 Å². The Morgan fingerprint density at radius 1 is 0.537 bits per heavy atom. The van der Waals surface area contributed by atoms with Crippen LogP contribution in [0, 0.1) is 0 Å². The number of hydrogen-bond donors (Lipinski definition) is 5. The van der Waals surface area contributed by atoms with Crippen molar-refractivity contribution < 1.29 is 60.0 Å². The number of nitrogens with zero attached hydrogens (tertiary/aromatic N) is 8. The summed E-state index contributed by atoms with van der Waals surface area (Å²) in [6, 6.07) is 28.9. The van der Waals surface area contributed by atoms with E-state index in [1.165, 1.54) is 56.7 Å². The number of likely N-dealkylation sites (N-methyl/N-ethyl adjacent to an activating group) is 1. The first-order valence-corrected chi connectivity index (χ1v) is 45.4. The van der Waals surface area contributed by atoms with Gasteiger partial charge in [0.05, 0.1) is 75.8 Å². The van der Waals surface area contributed by atoms with Gasteiger partial charge in [-0.05, 0) is 121 Å². The molecule has 3 aromatic carbocycles. The van der Waals surface area contributed by atoms with Crippen LogP contribution in [0.15, 0.2) is 138 Å². The van der Waals surface area contributed by atoms with E-state index >= 15 is 0 Å². The number of benzene rings is 3. The maximum atomic E-state index is 13.0. The fraction of sp³-hybridized carbons (Fsp3) is 0.338. The Bertz CT molecular complexity index is 5060. The normalized spacial score (nSPS) is 13.4. The summed E-state index contributed by atoms with van der Waals surface area (Å²) in [4.78, 5) is 63.3. The van der Waals surface area contributed by atoms with Crippen molar-refractivity contribution >= 4 is 162 Å². The summed E-state index contributed by atoms with van der Waals surface area (Å²) in [6.07, 6.45) is 10.8. The third-order valence-corrected chi connectivity index (χ3v) is 28.5. The lowest BCUT2D eigenvalue weighted by Gasteiger charge is -2.26. The zero-order valence-corrected chi connectivity index (χ0v) is 68.3. The minimum Gasteiger partial charge on any atom is -0.492 e. The van der Waals surface area contributed by atoms with Crippen LogP contribution < -0.4 is 31.4 Å². The van der Waals surface area contributed by atoms with Crippen molar-refractivity contribution in [2.45, 2.75) is 71.9 Å². The van der Waals surface area contributed by atoms with E-state index in [1.807, 2.05) is 97.0 Å². The second-order valence-corrected chi connectivity index (χ2v) is 36.9. The lowest BCUT2D eigenvalue weighted by atomic mass is 10.0. The molecule has 108 heavy (non-hydrogen) atoms. The monoisotopic (exact) mass is 1650 g/mol. The van der Waals surface area contributed by atoms with E-state index < -0.39 is 40.2 Å². The molecular formula is C74H84N11O13PS9. The molecule has 13 rings (SSSR count). The van der Waals surface area contributed by atoms with Gasteiger partial charge in [0.25, 0.3) is 0 Å². The Hall–Kier alpha value is -7.41. The summed E-state index contributed by atoms with van der Waals surface area (Å²) in [6.45, 7) is 11.7. The molecule has 0 aliphatic carbocycles. The second kappa shape index (κ2) is 39.5. The fourth-order valence-corrected chi connectivity index (χ4v) is 21.7. The standard InChI is InChI=1S/C26H30N4O4S3.C26H30N4O3S3.C22H24N3O6PS3/c1-4-5-14-37(32)26-23(27)22-19(15-20(29-25(22)36-26)24-28-10-13-35-24)17-6-8-18(9-7-17)33-11-12-34-21(31)16-30(2)3;1-2-3-16-36(31)26-23(27)22-20(17-21(29-25(22)35-26)24-28-8-15-34-24)18-4-6-19(7-5-18)33-14-11-30-9-12-32-13-10-30;1-2-3-12-35(29)22-19(23)18-16(13-17(25-21(18)34-22)20-24-8-11-33-20)14-4-6-15(7-5-14)30-9-10-31-32(26,27)28/h6-10,13,15H,4-5,11-12,14,16,27H2,1-3H3;4-8,15,17H,2-3,9-14,16,27H2,1H3;4-8,11,13H,2-3,9-10,12,23H2,1H3,(H2,26,27,28). The average Bonchev–Trinajstić information content (AvgIpc) is 1.61. The number of esters is 1. The molecule has 10 heterocycles. The maximum Gasteiger partial charge on any atom is 0.469 e. The molecule has 3 atom stereocenters. The number of carbonyl (C=O) groups is 1. The van der Waals surface area contributed by atoms with Gasteiger partial charge in [-0.15, -0.1) is 68.0 Å². The van der Waals surface area contributed by atoms with Gasteiger partial charge in [-0.3, -0.25) is 31.7 Å². The van der Waals surface area contributed by atoms with E-state index in [-0.39, 0.29) is 38.9 Å². The lowest BCUT2D eigenvalue weighted by Crippen LogP contribution is -2.38. The largest absolute Gasteiger partial charge is 0.492 e. The molecule has 0 spiro atoms. The number of rotatable bonds is 33. The second-order valence-electron chi connectivity index (χ2n) is 24.7. The highest BCUT2D eigenvalue weighted by Crippen LogP contribution is 2.47. The average molecular weight is 1660 g/mol. The van der Waals surface area contributed by atoms with Crippen LogP contribution in [0.5, 0.6) is 17.2 Å². The van der Waals surface area contributed by atoms with Gasteiger partial charge < -0.3 is 50.7 Å². The molecule has 1 fully saturated rings. The summed E-state index contributed by atoms with van der Waals surface area (Å²) in [5.41, 5.74) is 29.1. The van der Waals surface area contributed by atoms with Crippen molar-refractivity contribution in [3.05, 3.63) is 126 Å². The number of aromatic nitrogens is 6. The molecule has 1 saturated heterocycles. The number of anilines is 3. The van der Waals surface area contributed by atoms with Crippen LogP contribution in [-0.2, 0) is 55.8 Å². The highest BCUT2D eigenvalue weighted by molar-refractivity contribution is 7.88. The third-order valence-electron chi connectivity index (χ3n) is 16.6. The Balaban J connectivity index is 0.000000161. The summed E-state index contributed by atoms with van der Waals surface area (Å²) in [7, 11) is -4.40. The van der Waals surface area contributed by atoms with Crippen LogP contribution in [-0.4, -0.2) is 172 Å². The van der Waals surface area contributed by atoms with Crippen LogP contribution in [0.1, 0.15) is 59.3 Å². The molecule has 34 heteroatoms. The van der Waals surface area contributed by atoms with Gasteiger partial charge in [-0.25, -0.2) is 34.5 Å². The summed E-state index contributed by atoms with van der Waals surface area (Å²) < 4.78 is 83.9. The van der Waals surface area contributed by atoms with Crippen LogP contribution >= 0.6 is 75.8 Å². The van der Waals surface area contributed by atoms with Crippen LogP contribution in [0.4, 0.5) is 17.1 Å². The van der Waals surface area contributed by atoms with E-state index in [9.17, 15) is 22.0 Å². The Morgan fingerprint density at radius 3 is 1.21 bits per heavy atom. The zero-order valence-electron chi connectivity index (χ0n) is 60.1. The number of unbranched alkanes of at least 4 members (excludes halogenated alkanes) is 3. The van der Waals surface area contributed by atoms with Gasteiger partial charge in [0, 0.05) is 87.8 Å². The van der Waals surface area contributed by atoms with Crippen molar-refractivity contribution in [1.82, 2.24) is 39.7 Å². The number of ether oxygens (including phenoxy) is 5. The molecule has 12 aromatic rings. The number of nitrogen functional groups attached to an aromatic ring is 3. The number of hydrogen-bond acceptors (Lipinski definition) is 28. The van der Waals surface area contributed by atoms with Crippen LogP contribution in [0.3, 0.4) is 0 Å². The lowest BCUT2D eigenvalue weighted by molar-refractivity contribution is -0.145. The van der Waals surface area contributed by atoms with Crippen LogP contribution in [0.2, 0.25) is 0 Å². The van der Waals surface area contributed by atoms with E-state index in [0.29, 0.717) is 75.6 Å². The smallest absolute Gasteiger partial charge is 0.469 e. The first-order valence-electron chi connectivity index (χ1n) is 34.8. The number of nitrogens with two attached hydrogens (primary N) is 3. The van der Waals surface area contributed by atoms with Gasteiger partial charge in [0.15, 0.2) is 0 Å². The fourth-order valence-electron chi connectivity index (χ4n) is 11.2. The summed E-state index contributed by atoms with van der Waals surface area (Å²) >= 11 is 8.74. The Morgan fingerprint density at radius 2 is 0.889 bits per heavy atom. The molecule has 572 valence electrons. The number of thiophene rings is 3. The van der Waals surface area contributed by atoms with Crippen molar-refractivity contribution in [3.8, 4) is 82.7 Å².